The second kappa shape index (κ2) is 9.22. The van der Waals surface area contributed by atoms with E-state index in [9.17, 15) is 0 Å². The molecule has 0 aliphatic carbocycles. The highest BCUT2D eigenvalue weighted by Crippen LogP contribution is 2.11. The Hall–Kier alpha value is -2.34. The molecule has 3 N–H and O–H groups in total. The molecular weight excluding hydrogens is 330 g/mol. The van der Waals surface area contributed by atoms with Gasteiger partial charge >= 0.3 is 0 Å². The van der Waals surface area contributed by atoms with Gasteiger partial charge in [0.05, 0.1) is 11.0 Å². The van der Waals surface area contributed by atoms with Crippen molar-refractivity contribution in [1.29, 1.82) is 0 Å². The van der Waals surface area contributed by atoms with Crippen LogP contribution in [-0.4, -0.2) is 35.6 Å². The Morgan fingerprint density at radius 2 is 2.08 bits per heavy atom. The molecule has 3 aromatic rings. The number of fused-ring (bicyclic) bond motifs is 1. The Bertz CT molecular complexity index is 758. The molecule has 25 heavy (non-hydrogen) atoms. The topological polar surface area (TPSA) is 65.1 Å². The second-order valence-electron chi connectivity index (χ2n) is 5.82. The third kappa shape index (κ3) is 5.32. The number of imidazole rings is 1. The molecule has 3 rings (SSSR count). The van der Waals surface area contributed by atoms with Crippen LogP contribution in [0, 0.1) is 0 Å². The average Bonchev–Trinajstić information content (AvgIpc) is 3.27. The van der Waals surface area contributed by atoms with Gasteiger partial charge in [-0.05, 0) is 43.3 Å². The van der Waals surface area contributed by atoms with Crippen LogP contribution in [0.4, 0.5) is 0 Å². The number of rotatable bonds is 8. The summed E-state index contributed by atoms with van der Waals surface area (Å²) in [7, 11) is 0. The third-order valence-electron chi connectivity index (χ3n) is 3.87. The average molecular weight is 356 g/mol. The number of benzene rings is 1. The number of aromatic amines is 1. The lowest BCUT2D eigenvalue weighted by molar-refractivity contribution is 0.765. The van der Waals surface area contributed by atoms with Crippen LogP contribution in [0.25, 0.3) is 11.0 Å². The van der Waals surface area contributed by atoms with Crippen LogP contribution in [0.15, 0.2) is 46.8 Å². The molecule has 0 bridgehead atoms. The van der Waals surface area contributed by atoms with Gasteiger partial charge in [-0.15, -0.1) is 11.3 Å². The Morgan fingerprint density at radius 1 is 1.16 bits per heavy atom. The number of aryl methyl sites for hydroxylation is 1. The lowest BCUT2D eigenvalue weighted by Crippen LogP contribution is -2.38. The SMILES string of the molecule is CCNC(=NCCCc1nc2ccccc2[nH]1)NCCc1cccs1. The fourth-order valence-corrected chi connectivity index (χ4v) is 3.37. The van der Waals surface area contributed by atoms with Crippen LogP contribution in [0.1, 0.15) is 24.0 Å². The number of hydrogen-bond acceptors (Lipinski definition) is 3. The molecule has 0 amide bonds. The summed E-state index contributed by atoms with van der Waals surface area (Å²) in [6, 6.07) is 12.4. The maximum atomic E-state index is 4.66. The first kappa shape index (κ1) is 17.5. The molecule has 6 heteroatoms. The van der Waals surface area contributed by atoms with Crippen molar-refractivity contribution in [2.75, 3.05) is 19.6 Å². The van der Waals surface area contributed by atoms with E-state index in [2.05, 4.69) is 56.1 Å². The molecule has 5 nitrogen and oxygen atoms in total. The number of guanidine groups is 1. The van der Waals surface area contributed by atoms with E-state index < -0.39 is 0 Å². The molecule has 0 fully saturated rings. The number of nitrogens with one attached hydrogen (secondary N) is 3. The largest absolute Gasteiger partial charge is 0.357 e. The number of aromatic nitrogens is 2. The van der Waals surface area contributed by atoms with Crippen molar-refractivity contribution in [1.82, 2.24) is 20.6 Å². The standard InChI is InChI=1S/C19H25N5S/c1-2-20-19(22-13-11-15-7-6-14-25-15)21-12-5-10-18-23-16-8-3-4-9-17(16)24-18/h3-4,6-9,14H,2,5,10-13H2,1H3,(H,23,24)(H2,20,21,22). The Morgan fingerprint density at radius 3 is 2.88 bits per heavy atom. The minimum Gasteiger partial charge on any atom is -0.357 e. The van der Waals surface area contributed by atoms with Crippen molar-refractivity contribution in [2.24, 2.45) is 4.99 Å². The highest BCUT2D eigenvalue weighted by Gasteiger charge is 2.02. The third-order valence-corrected chi connectivity index (χ3v) is 4.80. The van der Waals surface area contributed by atoms with Crippen LogP contribution < -0.4 is 10.6 Å². The van der Waals surface area contributed by atoms with Gasteiger partial charge in [-0.25, -0.2) is 4.98 Å². The first-order chi connectivity index (χ1) is 12.3. The summed E-state index contributed by atoms with van der Waals surface area (Å²) in [5.74, 6) is 1.93. The van der Waals surface area contributed by atoms with E-state index in [4.69, 9.17) is 0 Å². The monoisotopic (exact) mass is 355 g/mol. The van der Waals surface area contributed by atoms with Gasteiger partial charge in [0, 0.05) is 30.9 Å². The number of thiophene rings is 1. The zero-order valence-corrected chi connectivity index (χ0v) is 15.4. The molecule has 0 aliphatic rings. The second-order valence-corrected chi connectivity index (χ2v) is 6.85. The van der Waals surface area contributed by atoms with Crippen molar-refractivity contribution in [3.8, 4) is 0 Å². The fourth-order valence-electron chi connectivity index (χ4n) is 2.66. The molecule has 0 atom stereocenters. The maximum absolute atomic E-state index is 4.66. The molecule has 2 heterocycles. The number of para-hydroxylation sites is 2. The minimum absolute atomic E-state index is 0.783. The molecule has 2 aromatic heterocycles. The summed E-state index contributed by atoms with van der Waals surface area (Å²) in [5.41, 5.74) is 2.13. The Kier molecular flexibility index (Phi) is 6.45. The van der Waals surface area contributed by atoms with Crippen LogP contribution in [0.2, 0.25) is 0 Å². The highest BCUT2D eigenvalue weighted by atomic mass is 32.1. The highest BCUT2D eigenvalue weighted by molar-refractivity contribution is 7.09. The quantitative estimate of drug-likeness (QED) is 0.330. The van der Waals surface area contributed by atoms with E-state index in [1.54, 1.807) is 11.3 Å². The summed E-state index contributed by atoms with van der Waals surface area (Å²) >= 11 is 1.80. The molecule has 1 aromatic carbocycles. The predicted molar refractivity (Wildman–Crippen MR) is 106 cm³/mol. The number of H-pyrrole nitrogens is 1. The van der Waals surface area contributed by atoms with Gasteiger partial charge in [-0.2, -0.15) is 0 Å². The van der Waals surface area contributed by atoms with Crippen molar-refractivity contribution >= 4 is 28.3 Å². The lowest BCUT2D eigenvalue weighted by atomic mass is 10.3. The molecule has 0 spiro atoms. The van der Waals surface area contributed by atoms with Crippen molar-refractivity contribution in [3.05, 3.63) is 52.5 Å². The maximum Gasteiger partial charge on any atom is 0.191 e. The first-order valence-electron chi connectivity index (χ1n) is 8.83. The number of hydrogen-bond donors (Lipinski definition) is 3. The lowest BCUT2D eigenvalue weighted by Gasteiger charge is -2.10. The van der Waals surface area contributed by atoms with Gasteiger partial charge in [0.1, 0.15) is 5.82 Å². The van der Waals surface area contributed by atoms with Gasteiger partial charge in [0.15, 0.2) is 5.96 Å². The Balaban J connectivity index is 1.44. The number of aliphatic imine (C=N–C) groups is 1. The first-order valence-corrected chi connectivity index (χ1v) is 9.71. The molecule has 0 unspecified atom stereocenters. The van der Waals surface area contributed by atoms with E-state index in [1.165, 1.54) is 4.88 Å². The summed E-state index contributed by atoms with van der Waals surface area (Å²) in [6.45, 7) is 4.64. The summed E-state index contributed by atoms with van der Waals surface area (Å²) < 4.78 is 0. The summed E-state index contributed by atoms with van der Waals surface area (Å²) in [6.07, 6.45) is 2.91. The van der Waals surface area contributed by atoms with Gasteiger partial charge < -0.3 is 15.6 Å². The smallest absolute Gasteiger partial charge is 0.191 e. The van der Waals surface area contributed by atoms with E-state index in [0.29, 0.717) is 0 Å². The molecular formula is C19H25N5S. The van der Waals surface area contributed by atoms with Crippen molar-refractivity contribution < 1.29 is 0 Å². The van der Waals surface area contributed by atoms with Crippen LogP contribution in [-0.2, 0) is 12.8 Å². The minimum atomic E-state index is 0.783. The van der Waals surface area contributed by atoms with Gasteiger partial charge in [0.2, 0.25) is 0 Å². The van der Waals surface area contributed by atoms with Gasteiger partial charge in [0.25, 0.3) is 0 Å². The van der Waals surface area contributed by atoms with Gasteiger partial charge in [-0.1, -0.05) is 18.2 Å². The zero-order chi connectivity index (χ0) is 17.3. The fraction of sp³-hybridized carbons (Fsp3) is 0.368. The molecule has 0 saturated carbocycles. The van der Waals surface area contributed by atoms with Crippen LogP contribution in [0.5, 0.6) is 0 Å². The van der Waals surface area contributed by atoms with Gasteiger partial charge in [-0.3, -0.25) is 4.99 Å². The van der Waals surface area contributed by atoms with Crippen molar-refractivity contribution in [3.63, 3.8) is 0 Å². The molecule has 0 radical (unpaired) electrons. The van der Waals surface area contributed by atoms with E-state index >= 15 is 0 Å². The Labute approximate surface area is 152 Å². The summed E-state index contributed by atoms with van der Waals surface area (Å²) in [5, 5.41) is 8.82. The molecule has 132 valence electrons. The summed E-state index contributed by atoms with van der Waals surface area (Å²) in [4.78, 5) is 14.0. The normalized spacial score (nSPS) is 11.8. The van der Waals surface area contributed by atoms with Crippen molar-refractivity contribution in [2.45, 2.75) is 26.2 Å². The van der Waals surface area contributed by atoms with E-state index in [0.717, 1.165) is 61.7 Å². The zero-order valence-electron chi connectivity index (χ0n) is 14.6. The predicted octanol–water partition coefficient (Wildman–Crippen LogP) is 3.35. The number of nitrogens with zero attached hydrogens (tertiary/aromatic N) is 2. The van der Waals surface area contributed by atoms with Crippen LogP contribution >= 0.6 is 11.3 Å². The van der Waals surface area contributed by atoms with E-state index in [-0.39, 0.29) is 0 Å². The van der Waals surface area contributed by atoms with E-state index in [1.807, 2.05) is 18.2 Å². The van der Waals surface area contributed by atoms with Crippen LogP contribution in [0.3, 0.4) is 0 Å². The molecule has 0 aliphatic heterocycles. The molecule has 0 saturated heterocycles.